The first-order valence-corrected chi connectivity index (χ1v) is 9.37. The number of aromatic nitrogens is 1. The predicted octanol–water partition coefficient (Wildman–Crippen LogP) is 4.58. The molecule has 1 aliphatic rings. The van der Waals surface area contributed by atoms with E-state index in [4.69, 9.17) is 4.74 Å². The van der Waals surface area contributed by atoms with Crippen molar-refractivity contribution in [1.29, 1.82) is 0 Å². The second-order valence-electron chi connectivity index (χ2n) is 7.82. The van der Waals surface area contributed by atoms with Crippen LogP contribution in [0.1, 0.15) is 51.8 Å². The zero-order valence-electron chi connectivity index (χ0n) is 16.0. The number of aromatic hydroxyl groups is 1. The fourth-order valence-corrected chi connectivity index (χ4v) is 3.50. The number of hydrogen-bond acceptors (Lipinski definition) is 3. The Morgan fingerprint density at radius 1 is 1.20 bits per heavy atom. The summed E-state index contributed by atoms with van der Waals surface area (Å²) in [5.74, 6) is 1.58. The molecule has 1 aliphatic heterocycles. The van der Waals surface area contributed by atoms with Crippen molar-refractivity contribution >= 4 is 16.6 Å². The van der Waals surface area contributed by atoms with Crippen LogP contribution in [0.2, 0.25) is 0 Å². The third kappa shape index (κ3) is 3.45. The van der Waals surface area contributed by atoms with E-state index in [2.05, 4.69) is 57.8 Å². The minimum atomic E-state index is 0.182. The van der Waals surface area contributed by atoms with Crippen molar-refractivity contribution in [3.05, 3.63) is 29.3 Å². The standard InChI is InChI=1S/C21H30N2O2/c1-13(2)15(5)10-16-6-7-19-17(11-16)20(18-12-25-9-8-22-18)21(24)23(19)14(3)4/h6-7,11,13-15,24H,8-10,12H2,1-5H3. The molecule has 0 saturated carbocycles. The molecule has 0 fully saturated rings. The summed E-state index contributed by atoms with van der Waals surface area (Å²) in [4.78, 5) is 4.62. The summed E-state index contributed by atoms with van der Waals surface area (Å²) in [6, 6.07) is 6.76. The first-order chi connectivity index (χ1) is 11.9. The first kappa shape index (κ1) is 18.0. The molecule has 2 heterocycles. The predicted molar refractivity (Wildman–Crippen MR) is 104 cm³/mol. The highest BCUT2D eigenvalue weighted by Crippen LogP contribution is 2.36. The summed E-state index contributed by atoms with van der Waals surface area (Å²) >= 11 is 0. The number of nitrogens with zero attached hydrogens (tertiary/aromatic N) is 2. The van der Waals surface area contributed by atoms with E-state index in [0.717, 1.165) is 28.6 Å². The Morgan fingerprint density at radius 3 is 2.56 bits per heavy atom. The third-order valence-electron chi connectivity index (χ3n) is 5.32. The van der Waals surface area contributed by atoms with Gasteiger partial charge in [0.1, 0.15) is 0 Å². The molecule has 4 nitrogen and oxygen atoms in total. The molecule has 1 unspecified atom stereocenters. The van der Waals surface area contributed by atoms with Gasteiger partial charge in [-0.2, -0.15) is 0 Å². The zero-order valence-corrected chi connectivity index (χ0v) is 16.0. The molecule has 0 spiro atoms. The van der Waals surface area contributed by atoms with Crippen LogP contribution in [0.25, 0.3) is 10.9 Å². The van der Waals surface area contributed by atoms with Gasteiger partial charge in [-0.05, 0) is 49.8 Å². The van der Waals surface area contributed by atoms with Crippen LogP contribution in [0.5, 0.6) is 5.88 Å². The van der Waals surface area contributed by atoms with Gasteiger partial charge in [0.05, 0.1) is 36.6 Å². The molecule has 1 aromatic carbocycles. The van der Waals surface area contributed by atoms with E-state index in [1.165, 1.54) is 5.56 Å². The summed E-state index contributed by atoms with van der Waals surface area (Å²) in [6.45, 7) is 12.8. The van der Waals surface area contributed by atoms with Crippen molar-refractivity contribution in [2.45, 2.75) is 47.1 Å². The van der Waals surface area contributed by atoms with E-state index in [1.54, 1.807) is 0 Å². The van der Waals surface area contributed by atoms with Crippen LogP contribution in [-0.2, 0) is 11.2 Å². The average molecular weight is 342 g/mol. The third-order valence-corrected chi connectivity index (χ3v) is 5.32. The van der Waals surface area contributed by atoms with E-state index in [0.29, 0.717) is 37.5 Å². The van der Waals surface area contributed by atoms with Crippen LogP contribution in [0.3, 0.4) is 0 Å². The van der Waals surface area contributed by atoms with Crippen molar-refractivity contribution in [3.63, 3.8) is 0 Å². The largest absolute Gasteiger partial charge is 0.494 e. The normalized spacial score (nSPS) is 16.7. The lowest BCUT2D eigenvalue weighted by atomic mass is 9.90. The molecule has 1 aromatic heterocycles. The van der Waals surface area contributed by atoms with Crippen LogP contribution in [0.4, 0.5) is 0 Å². The molecular formula is C21H30N2O2. The van der Waals surface area contributed by atoms with Crippen LogP contribution >= 0.6 is 0 Å². The lowest BCUT2D eigenvalue weighted by molar-refractivity contribution is 0.171. The molecule has 1 atom stereocenters. The van der Waals surface area contributed by atoms with Gasteiger partial charge in [0.2, 0.25) is 5.88 Å². The average Bonchev–Trinajstić information content (AvgIpc) is 2.86. The van der Waals surface area contributed by atoms with E-state index < -0.39 is 0 Å². The number of fused-ring (bicyclic) bond motifs is 1. The number of hydrogen-bond donors (Lipinski definition) is 1. The SMILES string of the molecule is CC(C)C(C)Cc1ccc2c(c1)c(C1=NCCOC1)c(O)n2C(C)C. The Hall–Kier alpha value is -1.81. The van der Waals surface area contributed by atoms with Crippen molar-refractivity contribution in [1.82, 2.24) is 4.57 Å². The summed E-state index contributed by atoms with van der Waals surface area (Å²) < 4.78 is 7.58. The molecular weight excluding hydrogens is 312 g/mol. The Labute approximate surface area is 150 Å². The molecule has 0 radical (unpaired) electrons. The highest BCUT2D eigenvalue weighted by molar-refractivity contribution is 6.14. The maximum Gasteiger partial charge on any atom is 0.201 e. The molecule has 4 heteroatoms. The second kappa shape index (κ2) is 7.20. The van der Waals surface area contributed by atoms with Crippen molar-refractivity contribution < 1.29 is 9.84 Å². The van der Waals surface area contributed by atoms with E-state index >= 15 is 0 Å². The molecule has 25 heavy (non-hydrogen) atoms. The van der Waals surface area contributed by atoms with Gasteiger partial charge in [-0.1, -0.05) is 26.8 Å². The Morgan fingerprint density at radius 2 is 1.96 bits per heavy atom. The maximum absolute atomic E-state index is 10.9. The topological polar surface area (TPSA) is 46.8 Å². The number of ether oxygens (including phenoxy) is 1. The van der Waals surface area contributed by atoms with E-state index in [-0.39, 0.29) is 6.04 Å². The van der Waals surface area contributed by atoms with Crippen LogP contribution in [0, 0.1) is 11.8 Å². The first-order valence-electron chi connectivity index (χ1n) is 9.37. The van der Waals surface area contributed by atoms with Gasteiger partial charge < -0.3 is 14.4 Å². The smallest absolute Gasteiger partial charge is 0.201 e. The molecule has 136 valence electrons. The lowest BCUT2D eigenvalue weighted by Crippen LogP contribution is -2.19. The summed E-state index contributed by atoms with van der Waals surface area (Å²) in [6.07, 6.45) is 1.05. The van der Waals surface area contributed by atoms with Crippen LogP contribution in [-0.4, -0.2) is 35.1 Å². The van der Waals surface area contributed by atoms with Gasteiger partial charge >= 0.3 is 0 Å². The molecule has 0 bridgehead atoms. The van der Waals surface area contributed by atoms with Gasteiger partial charge in [-0.25, -0.2) is 0 Å². The van der Waals surface area contributed by atoms with Gasteiger partial charge in [-0.3, -0.25) is 4.99 Å². The van der Waals surface area contributed by atoms with Gasteiger partial charge in [0, 0.05) is 11.4 Å². The Bertz CT molecular complexity index is 787. The van der Waals surface area contributed by atoms with E-state index in [9.17, 15) is 5.11 Å². The minimum absolute atomic E-state index is 0.182. The highest BCUT2D eigenvalue weighted by atomic mass is 16.5. The number of benzene rings is 1. The molecule has 2 aromatic rings. The van der Waals surface area contributed by atoms with Crippen molar-refractivity contribution in [2.75, 3.05) is 19.8 Å². The van der Waals surface area contributed by atoms with Gasteiger partial charge in [-0.15, -0.1) is 0 Å². The molecule has 3 rings (SSSR count). The van der Waals surface area contributed by atoms with Crippen molar-refractivity contribution in [3.8, 4) is 5.88 Å². The Kier molecular flexibility index (Phi) is 5.19. The fraction of sp³-hybridized carbons (Fsp3) is 0.571. The number of rotatable bonds is 5. The maximum atomic E-state index is 10.9. The molecule has 0 aliphatic carbocycles. The second-order valence-corrected chi connectivity index (χ2v) is 7.82. The van der Waals surface area contributed by atoms with Crippen LogP contribution < -0.4 is 0 Å². The minimum Gasteiger partial charge on any atom is -0.494 e. The monoisotopic (exact) mass is 342 g/mol. The van der Waals surface area contributed by atoms with Crippen molar-refractivity contribution in [2.24, 2.45) is 16.8 Å². The lowest BCUT2D eigenvalue weighted by Gasteiger charge is -2.16. The summed E-state index contributed by atoms with van der Waals surface area (Å²) in [5.41, 5.74) is 4.09. The molecule has 1 N–H and O–H groups in total. The van der Waals surface area contributed by atoms with Gasteiger partial charge in [0.15, 0.2) is 0 Å². The highest BCUT2D eigenvalue weighted by Gasteiger charge is 2.24. The number of aliphatic imine (C=N–C) groups is 1. The molecule has 0 saturated heterocycles. The summed E-state index contributed by atoms with van der Waals surface area (Å²) in [5, 5.41) is 12.0. The molecule has 0 amide bonds. The quantitative estimate of drug-likeness (QED) is 0.864. The summed E-state index contributed by atoms with van der Waals surface area (Å²) in [7, 11) is 0. The van der Waals surface area contributed by atoms with Crippen LogP contribution in [0.15, 0.2) is 23.2 Å². The van der Waals surface area contributed by atoms with E-state index in [1.807, 2.05) is 4.57 Å². The zero-order chi connectivity index (χ0) is 18.1. The Balaban J connectivity index is 2.14. The fourth-order valence-electron chi connectivity index (χ4n) is 3.50. The van der Waals surface area contributed by atoms with Gasteiger partial charge in [0.25, 0.3) is 0 Å².